The van der Waals surface area contributed by atoms with Crippen LogP contribution in [-0.2, 0) is 29.1 Å². The minimum Gasteiger partial charge on any atom is -0.478 e. The summed E-state index contributed by atoms with van der Waals surface area (Å²) in [5, 5.41) is 6.84. The topological polar surface area (TPSA) is 182 Å². The van der Waals surface area contributed by atoms with Crippen molar-refractivity contribution in [3.05, 3.63) is 42.5 Å². The fraction of sp³-hybridized carbons (Fsp3) is 0.643. The maximum atomic E-state index is 14.8. The van der Waals surface area contributed by atoms with Gasteiger partial charge in [0, 0.05) is 36.8 Å². The number of alkyl halides is 3. The summed E-state index contributed by atoms with van der Waals surface area (Å²) in [5.41, 5.74) is -3.94. The number of aromatic nitrogens is 1. The van der Waals surface area contributed by atoms with Crippen LogP contribution in [-0.4, -0.2) is 102 Å². The van der Waals surface area contributed by atoms with E-state index in [0.29, 0.717) is 44.1 Å². The second-order valence-corrected chi connectivity index (χ2v) is 19.7. The molecule has 3 heterocycles. The highest BCUT2D eigenvalue weighted by Gasteiger charge is 2.64. The van der Waals surface area contributed by atoms with Crippen LogP contribution >= 0.6 is 0 Å². The largest absolute Gasteiger partial charge is 0.478 e. The van der Waals surface area contributed by atoms with Gasteiger partial charge in [0.1, 0.15) is 29.0 Å². The number of amides is 4. The highest BCUT2D eigenvalue weighted by Crippen LogP contribution is 2.48. The van der Waals surface area contributed by atoms with E-state index in [4.69, 9.17) is 14.2 Å². The SMILES string of the molecule is CCOc1cc2ccccc2c(OCC2CC3C(=O)NC4(C(=O)NS(=O)(=O)C5(CF)CC5)CC4C=CCCC(C)CC(C)C(NC(=O)OC(C)(C)C(C)(F)F)C(=O)N3C2)n1. The first-order chi connectivity index (χ1) is 28.2. The lowest BCUT2D eigenvalue weighted by Crippen LogP contribution is -2.60. The Hall–Kier alpha value is -4.61. The molecule has 18 heteroatoms. The minimum atomic E-state index is -4.43. The van der Waals surface area contributed by atoms with Gasteiger partial charge in [0.05, 0.1) is 13.2 Å². The van der Waals surface area contributed by atoms with Crippen LogP contribution in [0.1, 0.15) is 86.5 Å². The molecule has 14 nitrogen and oxygen atoms in total. The third-order valence-corrected chi connectivity index (χ3v) is 14.6. The first-order valence-corrected chi connectivity index (χ1v) is 22.1. The summed E-state index contributed by atoms with van der Waals surface area (Å²) >= 11 is 0. The highest BCUT2D eigenvalue weighted by molar-refractivity contribution is 7.91. The number of fused-ring (bicyclic) bond motifs is 3. The van der Waals surface area contributed by atoms with Crippen molar-refractivity contribution in [3.8, 4) is 11.8 Å². The lowest BCUT2D eigenvalue weighted by atomic mass is 9.88. The van der Waals surface area contributed by atoms with Gasteiger partial charge in [-0.15, -0.1) is 0 Å². The highest BCUT2D eigenvalue weighted by atomic mass is 32.2. The summed E-state index contributed by atoms with van der Waals surface area (Å²) < 4.78 is 86.6. The molecule has 2 aliphatic carbocycles. The number of pyridine rings is 1. The fourth-order valence-electron chi connectivity index (χ4n) is 8.06. The van der Waals surface area contributed by atoms with Gasteiger partial charge < -0.3 is 29.7 Å². The Morgan fingerprint density at radius 3 is 2.47 bits per heavy atom. The van der Waals surface area contributed by atoms with Gasteiger partial charge in [-0.25, -0.2) is 26.4 Å². The number of sulfonamides is 1. The first kappa shape index (κ1) is 44.9. The standard InChI is InChI=1S/C42H56F3N5O9S/c1-7-57-32-20-28-13-9-11-15-30(28)35(46-32)58-23-27-19-31-34(51)48-42(37(53)49-60(55,56)41(24-43)16-17-41)21-29(42)14-10-8-12-25(2)18-26(3)33(36(52)50(31)22-27)47-38(54)59-39(4,5)40(6,44)45/h9-11,13-15,20,25-27,29,31,33H,7-8,12,16-19,21-24H2,1-6H3,(H,47,54)(H,48,51)(H,49,53). The fourth-order valence-corrected chi connectivity index (χ4v) is 9.49. The smallest absolute Gasteiger partial charge is 0.408 e. The summed E-state index contributed by atoms with van der Waals surface area (Å²) in [4.78, 5) is 62.5. The van der Waals surface area contributed by atoms with Crippen molar-refractivity contribution < 1.29 is 55.0 Å². The number of carbonyl (C=O) groups is 4. The number of nitrogens with zero attached hydrogens (tertiary/aromatic N) is 2. The number of alkyl carbamates (subject to hydrolysis) is 1. The van der Waals surface area contributed by atoms with Gasteiger partial charge in [0.25, 0.3) is 11.8 Å². The molecule has 7 atom stereocenters. The molecule has 0 bridgehead atoms. The molecule has 3 fully saturated rings. The third-order valence-electron chi connectivity index (χ3n) is 12.5. The van der Waals surface area contributed by atoms with Crippen molar-refractivity contribution in [1.82, 2.24) is 25.2 Å². The van der Waals surface area contributed by atoms with Gasteiger partial charge >= 0.3 is 6.09 Å². The molecule has 1 saturated heterocycles. The molecule has 1 aromatic carbocycles. The predicted molar refractivity (Wildman–Crippen MR) is 215 cm³/mol. The van der Waals surface area contributed by atoms with Crippen LogP contribution in [0.25, 0.3) is 10.8 Å². The van der Waals surface area contributed by atoms with E-state index in [9.17, 15) is 40.8 Å². The first-order valence-electron chi connectivity index (χ1n) is 20.6. The molecular formula is C42H56F3N5O9S. The zero-order valence-electron chi connectivity index (χ0n) is 34.9. The Kier molecular flexibility index (Phi) is 12.8. The molecule has 1 aromatic heterocycles. The van der Waals surface area contributed by atoms with Crippen molar-refractivity contribution in [3.63, 3.8) is 0 Å². The van der Waals surface area contributed by atoms with Crippen LogP contribution in [0.4, 0.5) is 18.0 Å². The van der Waals surface area contributed by atoms with E-state index in [1.54, 1.807) is 19.1 Å². The van der Waals surface area contributed by atoms with Crippen molar-refractivity contribution >= 4 is 44.6 Å². The van der Waals surface area contributed by atoms with Gasteiger partial charge in [0.15, 0.2) is 5.60 Å². The molecule has 0 radical (unpaired) electrons. The summed E-state index contributed by atoms with van der Waals surface area (Å²) in [5.74, 6) is -6.92. The van der Waals surface area contributed by atoms with Gasteiger partial charge in [0.2, 0.25) is 33.6 Å². The van der Waals surface area contributed by atoms with Crippen LogP contribution in [0.15, 0.2) is 42.5 Å². The number of carbonyl (C=O) groups excluding carboxylic acids is 4. The van der Waals surface area contributed by atoms with E-state index in [1.165, 1.54) is 4.90 Å². The Morgan fingerprint density at radius 1 is 1.08 bits per heavy atom. The van der Waals surface area contributed by atoms with Gasteiger partial charge in [-0.1, -0.05) is 44.2 Å². The number of hydrogen-bond donors (Lipinski definition) is 3. The Balaban J connectivity index is 1.33. The second-order valence-electron chi connectivity index (χ2n) is 17.6. The molecule has 3 N–H and O–H groups in total. The maximum absolute atomic E-state index is 14.8. The van der Waals surface area contributed by atoms with Crippen LogP contribution in [0.3, 0.4) is 0 Å². The lowest BCUT2D eigenvalue weighted by molar-refractivity contribution is -0.152. The molecule has 60 heavy (non-hydrogen) atoms. The normalized spacial score (nSPS) is 28.3. The quantitative estimate of drug-likeness (QED) is 0.228. The van der Waals surface area contributed by atoms with Crippen LogP contribution in [0, 0.1) is 23.7 Å². The number of allylic oxidation sites excluding steroid dienone is 1. The van der Waals surface area contributed by atoms with Crippen LogP contribution < -0.4 is 24.8 Å². The zero-order chi connectivity index (χ0) is 43.8. The van der Waals surface area contributed by atoms with Crippen LogP contribution in [0.5, 0.6) is 11.8 Å². The van der Waals surface area contributed by atoms with Gasteiger partial charge in [-0.3, -0.25) is 19.1 Å². The van der Waals surface area contributed by atoms with Gasteiger partial charge in [-0.05, 0) is 89.0 Å². The third kappa shape index (κ3) is 9.32. The van der Waals surface area contributed by atoms with E-state index in [2.05, 4.69) is 20.3 Å². The number of nitrogens with one attached hydrogen (secondary N) is 3. The Bertz CT molecular complexity index is 2110. The molecule has 4 amide bonds. The molecule has 2 aromatic rings. The lowest BCUT2D eigenvalue weighted by Gasteiger charge is -2.35. The van der Waals surface area contributed by atoms with E-state index < -0.39 is 92.2 Å². The van der Waals surface area contributed by atoms with E-state index in [-0.39, 0.29) is 50.6 Å². The van der Waals surface area contributed by atoms with Crippen molar-refractivity contribution in [2.75, 3.05) is 26.4 Å². The second kappa shape index (κ2) is 17.0. The Morgan fingerprint density at radius 2 is 1.80 bits per heavy atom. The van der Waals surface area contributed by atoms with Crippen LogP contribution in [0.2, 0.25) is 0 Å². The van der Waals surface area contributed by atoms with Gasteiger partial charge in [-0.2, -0.15) is 4.98 Å². The summed E-state index contributed by atoms with van der Waals surface area (Å²) in [6, 6.07) is 6.61. The molecule has 7 unspecified atom stereocenters. The van der Waals surface area contributed by atoms with Crippen molar-refractivity contribution in [2.24, 2.45) is 23.7 Å². The molecule has 0 spiro atoms. The Labute approximate surface area is 348 Å². The number of hydrogen-bond acceptors (Lipinski definition) is 10. The number of benzene rings is 1. The average Bonchev–Trinajstić information content (AvgIpc) is 4.08. The molecule has 2 aliphatic heterocycles. The van der Waals surface area contributed by atoms with E-state index in [0.717, 1.165) is 19.2 Å². The number of rotatable bonds is 12. The number of ether oxygens (including phenoxy) is 3. The monoisotopic (exact) mass is 863 g/mol. The maximum Gasteiger partial charge on any atom is 0.408 e. The average molecular weight is 864 g/mol. The molecular weight excluding hydrogens is 808 g/mol. The molecule has 4 aliphatic rings. The summed E-state index contributed by atoms with van der Waals surface area (Å²) in [7, 11) is -4.43. The summed E-state index contributed by atoms with van der Waals surface area (Å²) in [6.45, 7) is 7.39. The minimum absolute atomic E-state index is 0.00259. The summed E-state index contributed by atoms with van der Waals surface area (Å²) in [6.07, 6.45) is 4.16. The van der Waals surface area contributed by atoms with Crippen molar-refractivity contribution in [2.45, 2.75) is 120 Å². The zero-order valence-corrected chi connectivity index (χ0v) is 35.7. The van der Waals surface area contributed by atoms with E-state index >= 15 is 0 Å². The number of halogens is 3. The molecule has 2 saturated carbocycles. The van der Waals surface area contributed by atoms with Crippen molar-refractivity contribution in [1.29, 1.82) is 0 Å². The molecule has 330 valence electrons. The van der Waals surface area contributed by atoms with E-state index in [1.807, 2.05) is 44.2 Å². The predicted octanol–water partition coefficient (Wildman–Crippen LogP) is 5.59. The molecule has 6 rings (SSSR count).